The summed E-state index contributed by atoms with van der Waals surface area (Å²) in [6, 6.07) is 1.83. The van der Waals surface area contributed by atoms with E-state index < -0.39 is 0 Å². The van der Waals surface area contributed by atoms with Crippen LogP contribution in [0.3, 0.4) is 0 Å². The number of carbonyl (C=O) groups excluding carboxylic acids is 2. The summed E-state index contributed by atoms with van der Waals surface area (Å²) in [4.78, 5) is 23.7. The van der Waals surface area contributed by atoms with Crippen LogP contribution in [0.5, 0.6) is 0 Å². The first-order valence-corrected chi connectivity index (χ1v) is 6.29. The molecule has 0 unspecified atom stereocenters. The Bertz CT molecular complexity index is 432. The maximum atomic E-state index is 11.5. The Labute approximate surface area is 105 Å². The molecule has 0 radical (unpaired) electrons. The molecule has 92 valence electrons. The Morgan fingerprint density at radius 3 is 2.88 bits per heavy atom. The Kier molecular flexibility index (Phi) is 5.10. The summed E-state index contributed by atoms with van der Waals surface area (Å²) in [6.45, 7) is 7.76. The second kappa shape index (κ2) is 6.35. The van der Waals surface area contributed by atoms with E-state index in [0.717, 1.165) is 23.1 Å². The molecule has 1 heterocycles. The van der Waals surface area contributed by atoms with Crippen LogP contribution in [0.1, 0.15) is 33.5 Å². The van der Waals surface area contributed by atoms with E-state index in [0.29, 0.717) is 23.5 Å². The summed E-state index contributed by atoms with van der Waals surface area (Å²) in [5.74, 6) is -0.277. The Balaban J connectivity index is 2.71. The minimum atomic E-state index is -0.277. The molecule has 0 atom stereocenters. The number of aryl methyl sites for hydroxylation is 2. The molecule has 0 bridgehead atoms. The molecule has 1 aromatic rings. The predicted octanol–water partition coefficient (Wildman–Crippen LogP) is 2.92. The number of ether oxygens (including phenoxy) is 1. The number of hydrogen-bond donors (Lipinski definition) is 0. The van der Waals surface area contributed by atoms with Gasteiger partial charge in [-0.05, 0) is 43.9 Å². The molecular weight excluding hydrogens is 236 g/mol. The van der Waals surface area contributed by atoms with Crippen LogP contribution in [0.4, 0.5) is 0 Å². The number of aldehydes is 1. The van der Waals surface area contributed by atoms with Crippen molar-refractivity contribution in [3.63, 3.8) is 0 Å². The standard InChI is InChI=1S/C13H16O3S/c1-4-16-13(15)12-7-10(3)11(17-12)6-5-9(2)8-14/h7-8H,2,4-6H2,1,3H3. The average Bonchev–Trinajstić information content (AvgIpc) is 2.68. The fourth-order valence-corrected chi connectivity index (χ4v) is 2.47. The minimum absolute atomic E-state index is 0.277. The second-order valence-electron chi connectivity index (χ2n) is 3.71. The number of hydrogen-bond acceptors (Lipinski definition) is 4. The van der Waals surface area contributed by atoms with Crippen LogP contribution in [0, 0.1) is 6.92 Å². The smallest absolute Gasteiger partial charge is 0.348 e. The van der Waals surface area contributed by atoms with Gasteiger partial charge in [0.25, 0.3) is 0 Å². The van der Waals surface area contributed by atoms with Gasteiger partial charge in [0.1, 0.15) is 11.2 Å². The van der Waals surface area contributed by atoms with E-state index in [-0.39, 0.29) is 5.97 Å². The first-order valence-electron chi connectivity index (χ1n) is 5.47. The molecule has 0 N–H and O–H groups in total. The van der Waals surface area contributed by atoms with Crippen LogP contribution in [-0.4, -0.2) is 18.9 Å². The van der Waals surface area contributed by atoms with Crippen LogP contribution in [0.2, 0.25) is 0 Å². The maximum absolute atomic E-state index is 11.5. The van der Waals surface area contributed by atoms with Gasteiger partial charge in [-0.25, -0.2) is 4.79 Å². The van der Waals surface area contributed by atoms with Crippen LogP contribution in [0.15, 0.2) is 18.2 Å². The molecule has 0 fully saturated rings. The molecule has 0 spiro atoms. The number of thiophene rings is 1. The van der Waals surface area contributed by atoms with Crippen molar-refractivity contribution in [2.45, 2.75) is 26.7 Å². The summed E-state index contributed by atoms with van der Waals surface area (Å²) < 4.78 is 4.94. The molecule has 0 saturated heterocycles. The van der Waals surface area contributed by atoms with E-state index in [9.17, 15) is 9.59 Å². The molecule has 1 rings (SSSR count). The van der Waals surface area contributed by atoms with Crippen molar-refractivity contribution < 1.29 is 14.3 Å². The van der Waals surface area contributed by atoms with Crippen LogP contribution in [0.25, 0.3) is 0 Å². The Morgan fingerprint density at radius 1 is 1.59 bits per heavy atom. The van der Waals surface area contributed by atoms with E-state index in [1.165, 1.54) is 11.3 Å². The van der Waals surface area contributed by atoms with Crippen molar-refractivity contribution in [3.8, 4) is 0 Å². The van der Waals surface area contributed by atoms with Gasteiger partial charge in [-0.15, -0.1) is 11.3 Å². The van der Waals surface area contributed by atoms with Crippen molar-refractivity contribution in [1.82, 2.24) is 0 Å². The molecule has 0 saturated carbocycles. The van der Waals surface area contributed by atoms with Gasteiger partial charge in [0.05, 0.1) is 6.61 Å². The number of esters is 1. The largest absolute Gasteiger partial charge is 0.462 e. The summed E-state index contributed by atoms with van der Waals surface area (Å²) in [7, 11) is 0. The molecule has 0 aliphatic rings. The van der Waals surface area contributed by atoms with Crippen LogP contribution < -0.4 is 0 Å². The molecule has 3 nitrogen and oxygen atoms in total. The maximum Gasteiger partial charge on any atom is 0.348 e. The monoisotopic (exact) mass is 252 g/mol. The molecule has 0 aliphatic heterocycles. The van der Waals surface area contributed by atoms with Crippen molar-refractivity contribution in [2.75, 3.05) is 6.61 Å². The summed E-state index contributed by atoms with van der Waals surface area (Å²) in [5.41, 5.74) is 1.65. The lowest BCUT2D eigenvalue weighted by Gasteiger charge is -1.98. The Hall–Kier alpha value is -1.42. The zero-order chi connectivity index (χ0) is 12.8. The highest BCUT2D eigenvalue weighted by Crippen LogP contribution is 2.24. The van der Waals surface area contributed by atoms with Crippen molar-refractivity contribution in [2.24, 2.45) is 0 Å². The van der Waals surface area contributed by atoms with Crippen LogP contribution in [-0.2, 0) is 16.0 Å². The van der Waals surface area contributed by atoms with E-state index >= 15 is 0 Å². The molecule has 0 amide bonds. The van der Waals surface area contributed by atoms with Gasteiger partial charge < -0.3 is 4.74 Å². The third-order valence-corrected chi connectivity index (χ3v) is 3.61. The van der Waals surface area contributed by atoms with Gasteiger partial charge in [-0.1, -0.05) is 6.58 Å². The lowest BCUT2D eigenvalue weighted by Crippen LogP contribution is -2.01. The fraction of sp³-hybridized carbons (Fsp3) is 0.385. The number of allylic oxidation sites excluding steroid dienone is 1. The van der Waals surface area contributed by atoms with E-state index in [4.69, 9.17) is 4.74 Å². The third kappa shape index (κ3) is 3.82. The normalized spacial score (nSPS) is 10.0. The van der Waals surface area contributed by atoms with Gasteiger partial charge in [0, 0.05) is 4.88 Å². The molecule has 0 aromatic carbocycles. The SMILES string of the molecule is C=C(C=O)CCc1sc(C(=O)OCC)cc1C. The lowest BCUT2D eigenvalue weighted by molar-refractivity contribution is -0.105. The molecule has 17 heavy (non-hydrogen) atoms. The topological polar surface area (TPSA) is 43.4 Å². The highest BCUT2D eigenvalue weighted by molar-refractivity contribution is 7.14. The minimum Gasteiger partial charge on any atom is -0.462 e. The average molecular weight is 252 g/mol. The zero-order valence-corrected chi connectivity index (χ0v) is 10.9. The number of rotatable bonds is 6. The summed E-state index contributed by atoms with van der Waals surface area (Å²) in [6.07, 6.45) is 2.15. The first-order chi connectivity index (χ1) is 8.08. The lowest BCUT2D eigenvalue weighted by atomic mass is 10.1. The van der Waals surface area contributed by atoms with E-state index in [2.05, 4.69) is 6.58 Å². The highest BCUT2D eigenvalue weighted by Gasteiger charge is 2.13. The molecule has 1 aromatic heterocycles. The van der Waals surface area contributed by atoms with E-state index in [1.807, 2.05) is 13.0 Å². The summed E-state index contributed by atoms with van der Waals surface area (Å²) in [5, 5.41) is 0. The van der Waals surface area contributed by atoms with Crippen LogP contribution >= 0.6 is 11.3 Å². The van der Waals surface area contributed by atoms with Gasteiger partial charge in [-0.3, -0.25) is 4.79 Å². The van der Waals surface area contributed by atoms with E-state index in [1.54, 1.807) is 6.92 Å². The van der Waals surface area contributed by atoms with Gasteiger partial charge >= 0.3 is 5.97 Å². The van der Waals surface area contributed by atoms with Crippen molar-refractivity contribution >= 4 is 23.6 Å². The first kappa shape index (κ1) is 13.6. The van der Waals surface area contributed by atoms with Gasteiger partial charge in [-0.2, -0.15) is 0 Å². The second-order valence-corrected chi connectivity index (χ2v) is 4.85. The highest BCUT2D eigenvalue weighted by atomic mass is 32.1. The zero-order valence-electron chi connectivity index (χ0n) is 10.1. The Morgan fingerprint density at radius 2 is 2.29 bits per heavy atom. The third-order valence-electron chi connectivity index (χ3n) is 2.34. The van der Waals surface area contributed by atoms with Gasteiger partial charge in [0.15, 0.2) is 0 Å². The van der Waals surface area contributed by atoms with Crippen molar-refractivity contribution in [1.29, 1.82) is 0 Å². The predicted molar refractivity (Wildman–Crippen MR) is 68.5 cm³/mol. The summed E-state index contributed by atoms with van der Waals surface area (Å²) >= 11 is 1.43. The molecule has 4 heteroatoms. The number of carbonyl (C=O) groups is 2. The fourth-order valence-electron chi connectivity index (χ4n) is 1.40. The quantitative estimate of drug-likeness (QED) is 0.444. The van der Waals surface area contributed by atoms with Crippen molar-refractivity contribution in [3.05, 3.63) is 33.5 Å². The van der Waals surface area contributed by atoms with Gasteiger partial charge in [0.2, 0.25) is 0 Å². The molecular formula is C13H16O3S. The molecule has 0 aliphatic carbocycles.